The summed E-state index contributed by atoms with van der Waals surface area (Å²) in [6.45, 7) is -0.761. The van der Waals surface area contributed by atoms with Crippen molar-refractivity contribution in [3.8, 4) is 0 Å². The first-order valence-electron chi connectivity index (χ1n) is 16.0. The lowest BCUT2D eigenvalue weighted by Crippen LogP contribution is -2.50. The first-order valence-corrected chi connectivity index (χ1v) is 16.0. The van der Waals surface area contributed by atoms with Crippen LogP contribution >= 0.6 is 0 Å². The lowest BCUT2D eigenvalue weighted by atomic mass is 9.90. The third-order valence-corrected chi connectivity index (χ3v) is 8.85. The van der Waals surface area contributed by atoms with Crippen LogP contribution in [0.2, 0.25) is 0 Å². The molecule has 0 aliphatic carbocycles. The Morgan fingerprint density at radius 3 is 1.23 bits per heavy atom. The standard InChI is InChI=1S/C37H34F6N4O5/c38-36(39,40)33(44-51)27-15-7-13-25(17-27)21-46-29(19-23-9-3-1-4-10-23)31(48)32(49)30(20-24-11-5-2-6-12-24)47(35(46)50)22-26-14-8-16-28(18-26)34(45-52)37(41,42)43/h1-18,29-32,48-49,51-52H,19-22H2/b44-33+,45-34+/t29-,30-,31+,32+/m1/s1. The number of hydrogen-bond acceptors (Lipinski definition) is 7. The van der Waals surface area contributed by atoms with Crippen LogP contribution < -0.4 is 0 Å². The molecule has 1 saturated heterocycles. The smallest absolute Gasteiger partial charge is 0.410 e. The number of oxime groups is 2. The molecule has 9 nitrogen and oxygen atoms in total. The molecule has 0 aromatic heterocycles. The maximum absolute atomic E-state index is 14.9. The summed E-state index contributed by atoms with van der Waals surface area (Å²) in [5, 5.41) is 46.9. The van der Waals surface area contributed by atoms with E-state index in [4.69, 9.17) is 10.4 Å². The number of rotatable bonds is 10. The SMILES string of the molecule is O=C1N(Cc2cccc(/C(=N\O)C(F)(F)F)c2)[C@H](Cc2ccccc2)[C@H](O)[C@@H](O)[C@@H](Cc2ccccc2)N1Cc1cccc(/C(=N\O)C(F)(F)F)c1. The molecule has 4 atom stereocenters. The van der Waals surface area contributed by atoms with Crippen molar-refractivity contribution in [1.29, 1.82) is 0 Å². The van der Waals surface area contributed by atoms with Crippen molar-refractivity contribution < 1.29 is 51.8 Å². The van der Waals surface area contributed by atoms with Crippen molar-refractivity contribution in [1.82, 2.24) is 9.80 Å². The second kappa shape index (κ2) is 15.9. The van der Waals surface area contributed by atoms with E-state index >= 15 is 0 Å². The molecule has 5 rings (SSSR count). The highest BCUT2D eigenvalue weighted by atomic mass is 19.4. The Balaban J connectivity index is 1.63. The third-order valence-electron chi connectivity index (χ3n) is 8.85. The van der Waals surface area contributed by atoms with Gasteiger partial charge in [0, 0.05) is 24.2 Å². The van der Waals surface area contributed by atoms with E-state index in [0.717, 1.165) is 24.3 Å². The molecule has 2 amide bonds. The van der Waals surface area contributed by atoms with Crippen molar-refractivity contribution in [2.45, 2.75) is 62.6 Å². The fourth-order valence-electron chi connectivity index (χ4n) is 6.40. The van der Waals surface area contributed by atoms with Gasteiger partial charge in [-0.1, -0.05) is 107 Å². The zero-order chi connectivity index (χ0) is 37.6. The monoisotopic (exact) mass is 728 g/mol. The van der Waals surface area contributed by atoms with Gasteiger partial charge in [-0.05, 0) is 47.2 Å². The number of aliphatic hydroxyl groups excluding tert-OH is 2. The van der Waals surface area contributed by atoms with E-state index < -0.39 is 65.2 Å². The molecule has 4 N–H and O–H groups in total. The fourth-order valence-corrected chi connectivity index (χ4v) is 6.40. The Labute approximate surface area is 294 Å². The summed E-state index contributed by atoms with van der Waals surface area (Å²) in [6.07, 6.45) is -13.2. The highest BCUT2D eigenvalue weighted by Gasteiger charge is 2.47. The first kappa shape index (κ1) is 37.8. The zero-order valence-corrected chi connectivity index (χ0v) is 27.3. The molecular weight excluding hydrogens is 694 g/mol. The van der Waals surface area contributed by atoms with Crippen LogP contribution in [0.1, 0.15) is 33.4 Å². The minimum absolute atomic E-state index is 0.0136. The molecule has 52 heavy (non-hydrogen) atoms. The molecule has 0 bridgehead atoms. The molecule has 0 saturated carbocycles. The van der Waals surface area contributed by atoms with Crippen LogP contribution in [0.4, 0.5) is 31.1 Å². The van der Waals surface area contributed by atoms with Crippen LogP contribution in [0, 0.1) is 0 Å². The normalized spacial score (nSPS) is 20.6. The second-order valence-electron chi connectivity index (χ2n) is 12.3. The highest BCUT2D eigenvalue weighted by molar-refractivity contribution is 6.04. The second-order valence-corrected chi connectivity index (χ2v) is 12.3. The van der Waals surface area contributed by atoms with Gasteiger partial charge >= 0.3 is 18.4 Å². The van der Waals surface area contributed by atoms with Gasteiger partial charge in [0.2, 0.25) is 0 Å². The first-order chi connectivity index (χ1) is 24.7. The molecular formula is C37H34F6N4O5. The summed E-state index contributed by atoms with van der Waals surface area (Å²) in [7, 11) is 0. The van der Waals surface area contributed by atoms with Crippen LogP contribution in [-0.4, -0.2) is 84.5 Å². The highest BCUT2D eigenvalue weighted by Crippen LogP contribution is 2.31. The molecule has 4 aromatic carbocycles. The number of hydrogen-bond donors (Lipinski definition) is 4. The number of carbonyl (C=O) groups is 1. The van der Waals surface area contributed by atoms with E-state index in [1.165, 1.54) is 34.1 Å². The van der Waals surface area contributed by atoms with Gasteiger partial charge in [-0.25, -0.2) is 4.79 Å². The van der Waals surface area contributed by atoms with E-state index in [2.05, 4.69) is 10.3 Å². The number of halogens is 6. The fraction of sp³-hybridized carbons (Fsp3) is 0.270. The van der Waals surface area contributed by atoms with E-state index in [1.54, 1.807) is 60.7 Å². The topological polar surface area (TPSA) is 129 Å². The Kier molecular flexibility index (Phi) is 11.5. The van der Waals surface area contributed by atoms with Gasteiger partial charge in [0.1, 0.15) is 12.2 Å². The van der Waals surface area contributed by atoms with Crippen molar-refractivity contribution >= 4 is 17.5 Å². The van der Waals surface area contributed by atoms with Crippen LogP contribution in [0.3, 0.4) is 0 Å². The molecule has 15 heteroatoms. The van der Waals surface area contributed by atoms with Gasteiger partial charge in [0.25, 0.3) is 0 Å². The number of amides is 2. The van der Waals surface area contributed by atoms with Crippen molar-refractivity contribution in [3.05, 3.63) is 143 Å². The van der Waals surface area contributed by atoms with Crippen molar-refractivity contribution in [3.63, 3.8) is 0 Å². The predicted octanol–water partition coefficient (Wildman–Crippen LogP) is 6.55. The van der Waals surface area contributed by atoms with Gasteiger partial charge in [0.05, 0.1) is 12.1 Å². The molecule has 0 radical (unpaired) electrons. The van der Waals surface area contributed by atoms with Gasteiger partial charge in [0.15, 0.2) is 11.4 Å². The maximum Gasteiger partial charge on any atom is 0.437 e. The molecule has 0 unspecified atom stereocenters. The van der Waals surface area contributed by atoms with Crippen LogP contribution in [-0.2, 0) is 25.9 Å². The molecule has 0 spiro atoms. The molecule has 4 aromatic rings. The van der Waals surface area contributed by atoms with E-state index in [0.29, 0.717) is 11.1 Å². The molecule has 1 aliphatic rings. The molecule has 1 heterocycles. The average molecular weight is 729 g/mol. The Hall–Kier alpha value is -5.41. The van der Waals surface area contributed by atoms with Gasteiger partial charge in [-0.3, -0.25) is 0 Å². The molecule has 1 fully saturated rings. The zero-order valence-electron chi connectivity index (χ0n) is 27.3. The largest absolute Gasteiger partial charge is 0.437 e. The number of aliphatic hydroxyl groups is 2. The third kappa shape index (κ3) is 8.72. The summed E-state index contributed by atoms with van der Waals surface area (Å²) in [5.74, 6) is 0. The Bertz CT molecular complexity index is 1750. The minimum atomic E-state index is -5.01. The number of urea groups is 1. The average Bonchev–Trinajstić information content (AvgIpc) is 3.16. The summed E-state index contributed by atoms with van der Waals surface area (Å²) in [4.78, 5) is 17.3. The Morgan fingerprint density at radius 2 is 0.904 bits per heavy atom. The van der Waals surface area contributed by atoms with Crippen LogP contribution in [0.25, 0.3) is 0 Å². The molecule has 274 valence electrons. The van der Waals surface area contributed by atoms with Gasteiger partial charge < -0.3 is 30.4 Å². The van der Waals surface area contributed by atoms with E-state index in [9.17, 15) is 41.4 Å². The van der Waals surface area contributed by atoms with Crippen LogP contribution in [0.15, 0.2) is 120 Å². The quantitative estimate of drug-likeness (QED) is 0.0638. The van der Waals surface area contributed by atoms with Crippen molar-refractivity contribution in [2.75, 3.05) is 0 Å². The van der Waals surface area contributed by atoms with Gasteiger partial charge in [-0.2, -0.15) is 26.3 Å². The maximum atomic E-state index is 14.9. The summed E-state index contributed by atoms with van der Waals surface area (Å²) in [5.41, 5.74) is -2.46. The number of alkyl halides is 6. The van der Waals surface area contributed by atoms with E-state index in [1.807, 2.05) is 0 Å². The lowest BCUT2D eigenvalue weighted by Gasteiger charge is -2.36. The minimum Gasteiger partial charge on any atom is -0.410 e. The lowest BCUT2D eigenvalue weighted by molar-refractivity contribution is -0.0610. The van der Waals surface area contributed by atoms with Crippen LogP contribution in [0.5, 0.6) is 0 Å². The molecule has 1 aliphatic heterocycles. The summed E-state index contributed by atoms with van der Waals surface area (Å²) in [6, 6.07) is 24.2. The number of nitrogens with zero attached hydrogens (tertiary/aromatic N) is 4. The van der Waals surface area contributed by atoms with Gasteiger partial charge in [-0.15, -0.1) is 0 Å². The number of benzene rings is 4. The summed E-state index contributed by atoms with van der Waals surface area (Å²) >= 11 is 0. The summed E-state index contributed by atoms with van der Waals surface area (Å²) < 4.78 is 81.9. The number of carbonyl (C=O) groups excluding carboxylic acids is 1. The van der Waals surface area contributed by atoms with E-state index in [-0.39, 0.29) is 37.1 Å². The predicted molar refractivity (Wildman–Crippen MR) is 178 cm³/mol. The van der Waals surface area contributed by atoms with Crippen molar-refractivity contribution in [2.24, 2.45) is 10.3 Å². The Morgan fingerprint density at radius 1 is 0.558 bits per heavy atom.